The topological polar surface area (TPSA) is 0 Å². The third-order valence-corrected chi connectivity index (χ3v) is 10.5. The molecule has 0 radical (unpaired) electrons. The Morgan fingerprint density at radius 3 is 1.38 bits per heavy atom. The molecular formula is C51H41I. The van der Waals surface area contributed by atoms with Crippen molar-refractivity contribution in [3.05, 3.63) is 182 Å². The molecule has 52 heavy (non-hydrogen) atoms. The molecule has 0 aromatic heterocycles. The van der Waals surface area contributed by atoms with Crippen LogP contribution in [-0.2, 0) is 0 Å². The number of allylic oxidation sites excluding steroid dienone is 2. The molecule has 0 amide bonds. The molecule has 0 aliphatic heterocycles. The van der Waals surface area contributed by atoms with Crippen molar-refractivity contribution in [1.29, 1.82) is 0 Å². The zero-order chi connectivity index (χ0) is 35.8. The van der Waals surface area contributed by atoms with Gasteiger partial charge in [0, 0.05) is 3.42 Å². The number of hydrogen-bond acceptors (Lipinski definition) is 0. The minimum absolute atomic E-state index is 0.340. The summed E-state index contributed by atoms with van der Waals surface area (Å²) in [6.45, 7) is 8.53. The molecule has 0 nitrogen and oxygen atoms in total. The maximum Gasteiger partial charge on any atom is 0.0344 e. The third-order valence-electron chi connectivity index (χ3n) is 10.1. The number of aryl methyl sites for hydroxylation is 1. The second kappa shape index (κ2) is 14.1. The summed E-state index contributed by atoms with van der Waals surface area (Å²) in [5, 5.41) is 12.8. The van der Waals surface area contributed by atoms with E-state index in [2.05, 4.69) is 219 Å². The molecule has 9 rings (SSSR count). The van der Waals surface area contributed by atoms with Crippen molar-refractivity contribution in [1.82, 2.24) is 0 Å². The predicted molar refractivity (Wildman–Crippen MR) is 238 cm³/mol. The lowest BCUT2D eigenvalue weighted by atomic mass is 9.83. The van der Waals surface area contributed by atoms with Crippen molar-refractivity contribution in [3.8, 4) is 33.4 Å². The van der Waals surface area contributed by atoms with Crippen LogP contribution in [0.1, 0.15) is 26.3 Å². The molecule has 0 bridgehead atoms. The summed E-state index contributed by atoms with van der Waals surface area (Å²) in [6, 6.07) is 60.5. The maximum atomic E-state index is 2.39. The van der Waals surface area contributed by atoms with Gasteiger partial charge >= 0.3 is 0 Å². The molecule has 0 N–H and O–H groups in total. The first-order valence-corrected chi connectivity index (χ1v) is 19.2. The second-order valence-corrected chi connectivity index (χ2v) is 16.9. The van der Waals surface area contributed by atoms with Crippen molar-refractivity contribution in [2.45, 2.75) is 31.1 Å². The van der Waals surface area contributed by atoms with Crippen molar-refractivity contribution < 1.29 is 0 Å². The highest BCUT2D eigenvalue weighted by molar-refractivity contribution is 14.1. The predicted octanol–water partition coefficient (Wildman–Crippen LogP) is 15.5. The molecule has 0 unspecified atom stereocenters. The van der Waals surface area contributed by atoms with Gasteiger partial charge in [0.15, 0.2) is 0 Å². The molecule has 0 fully saturated rings. The molecule has 0 atom stereocenters. The molecule has 0 heterocycles. The van der Waals surface area contributed by atoms with Crippen LogP contribution >= 0.6 is 22.6 Å². The summed E-state index contributed by atoms with van der Waals surface area (Å²) in [6.07, 6.45) is 4.25. The van der Waals surface area contributed by atoms with E-state index in [1.165, 1.54) is 92.8 Å². The Hall–Kier alpha value is -5.25. The maximum absolute atomic E-state index is 2.39. The van der Waals surface area contributed by atoms with Gasteiger partial charge in [0.1, 0.15) is 0 Å². The second-order valence-electron chi connectivity index (χ2n) is 14.2. The van der Waals surface area contributed by atoms with Crippen LogP contribution in [0.2, 0.25) is 0 Å². The minimum atomic E-state index is 0.340. The zero-order valence-electron chi connectivity index (χ0n) is 30.1. The molecule has 0 aliphatic carbocycles. The summed E-state index contributed by atoms with van der Waals surface area (Å²) < 4.78 is 0.340. The van der Waals surface area contributed by atoms with Crippen LogP contribution in [0.3, 0.4) is 0 Å². The summed E-state index contributed by atoms with van der Waals surface area (Å²) in [4.78, 5) is 0. The van der Waals surface area contributed by atoms with Crippen molar-refractivity contribution >= 4 is 76.5 Å². The van der Waals surface area contributed by atoms with Gasteiger partial charge in [-0.3, -0.25) is 0 Å². The van der Waals surface area contributed by atoms with E-state index in [-0.39, 0.29) is 0 Å². The highest BCUT2D eigenvalue weighted by Gasteiger charge is 2.20. The van der Waals surface area contributed by atoms with E-state index in [9.17, 15) is 0 Å². The van der Waals surface area contributed by atoms with Crippen molar-refractivity contribution in [3.63, 3.8) is 0 Å². The van der Waals surface area contributed by atoms with Gasteiger partial charge in [-0.1, -0.05) is 204 Å². The van der Waals surface area contributed by atoms with Gasteiger partial charge in [-0.15, -0.1) is 0 Å². The first-order chi connectivity index (χ1) is 25.3. The standard InChI is InChI=1S/C45H30.C6H11I/c1-29-21-23-31(24-22-29)33-27-28-43(36-14-5-4-13-34(33)36)45-41-17-8-6-15-39(41)44(40-16-7-9-18-42(40)45)38-20-10-19-35-32-12-3-2-11-30(32)25-26-37(35)38;1-4-5-6(2,3)7/h2-28H,1H3;4-5H,1-3H3/b;5-4-. The molecule has 0 saturated heterocycles. The Morgan fingerprint density at radius 2 is 0.846 bits per heavy atom. The van der Waals surface area contributed by atoms with Gasteiger partial charge in [0.25, 0.3) is 0 Å². The number of benzene rings is 9. The van der Waals surface area contributed by atoms with E-state index in [1.807, 2.05) is 6.92 Å². The summed E-state index contributed by atoms with van der Waals surface area (Å²) >= 11 is 2.39. The van der Waals surface area contributed by atoms with Crippen LogP contribution in [0.5, 0.6) is 0 Å². The largest absolute Gasteiger partial charge is 0.0904 e. The van der Waals surface area contributed by atoms with Crippen molar-refractivity contribution in [2.75, 3.05) is 0 Å². The summed E-state index contributed by atoms with van der Waals surface area (Å²) in [7, 11) is 0. The van der Waals surface area contributed by atoms with Gasteiger partial charge < -0.3 is 0 Å². The zero-order valence-corrected chi connectivity index (χ0v) is 32.3. The fraction of sp³-hybridized carbons (Fsp3) is 0.0980. The number of halogens is 1. The van der Waals surface area contributed by atoms with Gasteiger partial charge in [-0.25, -0.2) is 0 Å². The van der Waals surface area contributed by atoms with E-state index in [1.54, 1.807) is 0 Å². The van der Waals surface area contributed by atoms with E-state index >= 15 is 0 Å². The van der Waals surface area contributed by atoms with Crippen molar-refractivity contribution in [2.24, 2.45) is 0 Å². The Kier molecular flexibility index (Phi) is 9.15. The Balaban J connectivity index is 0.000000505. The molecule has 252 valence electrons. The average molecular weight is 781 g/mol. The van der Waals surface area contributed by atoms with Crippen LogP contribution in [0.25, 0.3) is 87.2 Å². The monoisotopic (exact) mass is 780 g/mol. The van der Waals surface area contributed by atoms with Crippen LogP contribution in [0, 0.1) is 6.92 Å². The highest BCUT2D eigenvalue weighted by Crippen LogP contribution is 2.47. The number of rotatable bonds is 4. The molecule has 0 saturated carbocycles. The molecule has 1 heteroatoms. The summed E-state index contributed by atoms with van der Waals surface area (Å²) in [5.41, 5.74) is 8.92. The Labute approximate surface area is 320 Å². The Bertz CT molecular complexity index is 2720. The number of alkyl halides is 1. The SMILES string of the molecule is C/C=C\C(C)(C)I.Cc1ccc(-c2ccc(-c3c4ccccc4c(-c4cccc5c4ccc4ccccc45)c4ccccc34)c3ccccc23)cc1. The molecule has 9 aromatic carbocycles. The molecule has 0 spiro atoms. The normalized spacial score (nSPS) is 11.9. The van der Waals surface area contributed by atoms with E-state index in [4.69, 9.17) is 0 Å². The van der Waals surface area contributed by atoms with E-state index in [0.29, 0.717) is 3.42 Å². The van der Waals surface area contributed by atoms with Crippen LogP contribution in [0.4, 0.5) is 0 Å². The van der Waals surface area contributed by atoms with Gasteiger partial charge in [0.2, 0.25) is 0 Å². The minimum Gasteiger partial charge on any atom is -0.0904 e. The first kappa shape index (κ1) is 33.9. The smallest absolute Gasteiger partial charge is 0.0344 e. The lowest BCUT2D eigenvalue weighted by Gasteiger charge is -2.20. The lowest BCUT2D eigenvalue weighted by molar-refractivity contribution is 0.942. The van der Waals surface area contributed by atoms with Gasteiger partial charge in [-0.2, -0.15) is 0 Å². The van der Waals surface area contributed by atoms with E-state index in [0.717, 1.165) is 0 Å². The first-order valence-electron chi connectivity index (χ1n) is 18.1. The van der Waals surface area contributed by atoms with Crippen LogP contribution in [0.15, 0.2) is 176 Å². The molecule has 0 aliphatic rings. The molecule has 9 aromatic rings. The lowest BCUT2D eigenvalue weighted by Crippen LogP contribution is -2.01. The quantitative estimate of drug-likeness (QED) is 0.0549. The van der Waals surface area contributed by atoms with Crippen LogP contribution < -0.4 is 0 Å². The average Bonchev–Trinajstić information content (AvgIpc) is 3.16. The molecular weight excluding hydrogens is 739 g/mol. The Morgan fingerprint density at radius 1 is 0.404 bits per heavy atom. The summed E-state index contributed by atoms with van der Waals surface area (Å²) in [5.74, 6) is 0. The highest BCUT2D eigenvalue weighted by atomic mass is 127. The van der Waals surface area contributed by atoms with Gasteiger partial charge in [0.05, 0.1) is 0 Å². The van der Waals surface area contributed by atoms with Gasteiger partial charge in [-0.05, 0) is 115 Å². The fourth-order valence-corrected chi connectivity index (χ4v) is 8.22. The van der Waals surface area contributed by atoms with Crippen LogP contribution in [-0.4, -0.2) is 3.42 Å². The number of fused-ring (bicyclic) bond motifs is 6. The number of hydrogen-bond donors (Lipinski definition) is 0. The third kappa shape index (κ3) is 6.28. The van der Waals surface area contributed by atoms with E-state index < -0.39 is 0 Å². The fourth-order valence-electron chi connectivity index (χ4n) is 7.87.